The van der Waals surface area contributed by atoms with Crippen LogP contribution in [-0.4, -0.2) is 24.6 Å². The highest BCUT2D eigenvalue weighted by Gasteiger charge is 2.27. The maximum atomic E-state index is 12.8. The fourth-order valence-electron chi connectivity index (χ4n) is 3.52. The zero-order valence-electron chi connectivity index (χ0n) is 17.8. The van der Waals surface area contributed by atoms with E-state index in [4.69, 9.17) is 32.7 Å². The minimum atomic E-state index is -0.356. The minimum Gasteiger partial charge on any atom is -0.492 e. The third kappa shape index (κ3) is 6.61. The first kappa shape index (κ1) is 23.9. The number of ether oxygens (including phenoxy) is 2. The van der Waals surface area contributed by atoms with Gasteiger partial charge in [-0.3, -0.25) is 4.79 Å². The highest BCUT2D eigenvalue weighted by atomic mass is 35.5. The number of carbonyl (C=O) groups excluding carboxylic acids is 2. The summed E-state index contributed by atoms with van der Waals surface area (Å²) in [6.07, 6.45) is 5.66. The van der Waals surface area contributed by atoms with E-state index in [-0.39, 0.29) is 24.4 Å². The summed E-state index contributed by atoms with van der Waals surface area (Å²) in [6.45, 7) is 4.00. The van der Waals surface area contributed by atoms with Crippen molar-refractivity contribution in [3.05, 3.63) is 44.2 Å². The number of hydrogen-bond donors (Lipinski definition) is 1. The van der Waals surface area contributed by atoms with E-state index in [2.05, 4.69) is 5.32 Å². The molecule has 0 bridgehead atoms. The van der Waals surface area contributed by atoms with Gasteiger partial charge < -0.3 is 14.8 Å². The number of amides is 1. The first-order chi connectivity index (χ1) is 14.8. The van der Waals surface area contributed by atoms with E-state index >= 15 is 0 Å². The molecule has 1 aromatic heterocycles. The lowest BCUT2D eigenvalue weighted by Crippen LogP contribution is -2.17. The maximum absolute atomic E-state index is 12.8. The summed E-state index contributed by atoms with van der Waals surface area (Å²) in [6, 6.07) is 5.02. The molecule has 1 heterocycles. The van der Waals surface area contributed by atoms with Gasteiger partial charge in [0.1, 0.15) is 10.8 Å². The number of esters is 1. The summed E-state index contributed by atoms with van der Waals surface area (Å²) in [5, 5.41) is 4.52. The summed E-state index contributed by atoms with van der Waals surface area (Å²) in [5.41, 5.74) is 1.58. The number of carbonyl (C=O) groups is 2. The van der Waals surface area contributed by atoms with Crippen LogP contribution in [0.3, 0.4) is 0 Å². The zero-order chi connectivity index (χ0) is 22.4. The van der Waals surface area contributed by atoms with Crippen molar-refractivity contribution in [2.45, 2.75) is 64.9 Å². The second-order valence-electron chi connectivity index (χ2n) is 7.80. The Balaban J connectivity index is 1.61. The number of halogens is 2. The van der Waals surface area contributed by atoms with Crippen LogP contribution in [0.25, 0.3) is 0 Å². The lowest BCUT2D eigenvalue weighted by atomic mass is 10.1. The molecule has 5 nitrogen and oxygen atoms in total. The topological polar surface area (TPSA) is 64.6 Å². The number of benzene rings is 1. The van der Waals surface area contributed by atoms with Crippen molar-refractivity contribution >= 4 is 51.4 Å². The predicted octanol–water partition coefficient (Wildman–Crippen LogP) is 6.69. The van der Waals surface area contributed by atoms with Gasteiger partial charge in [-0.25, -0.2) is 4.79 Å². The third-order valence-corrected chi connectivity index (χ3v) is 6.66. The second kappa shape index (κ2) is 11.2. The fourth-order valence-corrected chi connectivity index (χ4v) is 5.27. The molecule has 8 heteroatoms. The van der Waals surface area contributed by atoms with E-state index in [1.54, 1.807) is 18.2 Å². The molecular formula is C23H27Cl2NO4S. The first-order valence-corrected chi connectivity index (χ1v) is 12.2. The summed E-state index contributed by atoms with van der Waals surface area (Å²) in [4.78, 5) is 26.5. The van der Waals surface area contributed by atoms with Gasteiger partial charge in [0.15, 0.2) is 0 Å². The standard InChI is InChI=1S/C23H27Cl2NO4S/c1-14(2)30-23(28)21-16-7-4-3-5-8-19(16)31-22(21)26-20(27)9-6-12-29-18-11-10-15(24)13-17(18)25/h10-11,13-14H,3-9,12H2,1-2H3,(H,26,27). The van der Waals surface area contributed by atoms with Crippen molar-refractivity contribution in [2.75, 3.05) is 11.9 Å². The van der Waals surface area contributed by atoms with E-state index in [0.717, 1.165) is 37.7 Å². The van der Waals surface area contributed by atoms with Crippen LogP contribution in [0.2, 0.25) is 10.0 Å². The van der Waals surface area contributed by atoms with Crippen LogP contribution >= 0.6 is 34.5 Å². The van der Waals surface area contributed by atoms with Gasteiger partial charge in [-0.15, -0.1) is 11.3 Å². The van der Waals surface area contributed by atoms with Crippen molar-refractivity contribution in [1.82, 2.24) is 0 Å². The molecule has 3 rings (SSSR count). The van der Waals surface area contributed by atoms with Crippen LogP contribution in [0.15, 0.2) is 18.2 Å². The van der Waals surface area contributed by atoms with Gasteiger partial charge in [0.2, 0.25) is 5.91 Å². The van der Waals surface area contributed by atoms with Gasteiger partial charge in [-0.1, -0.05) is 29.6 Å². The summed E-state index contributed by atoms with van der Waals surface area (Å²) in [7, 11) is 0. The molecule has 0 saturated carbocycles. The van der Waals surface area contributed by atoms with Gasteiger partial charge in [-0.2, -0.15) is 0 Å². The molecule has 1 amide bonds. The lowest BCUT2D eigenvalue weighted by molar-refractivity contribution is -0.116. The Kier molecular flexibility index (Phi) is 8.64. The van der Waals surface area contributed by atoms with Crippen LogP contribution in [-0.2, 0) is 22.4 Å². The molecule has 0 atom stereocenters. The van der Waals surface area contributed by atoms with E-state index in [1.165, 1.54) is 16.2 Å². The van der Waals surface area contributed by atoms with E-state index in [1.807, 2.05) is 13.8 Å². The molecule has 0 radical (unpaired) electrons. The van der Waals surface area contributed by atoms with Crippen LogP contribution < -0.4 is 10.1 Å². The van der Waals surface area contributed by atoms with E-state index in [0.29, 0.717) is 39.4 Å². The molecule has 168 valence electrons. The zero-order valence-corrected chi connectivity index (χ0v) is 20.1. The van der Waals surface area contributed by atoms with E-state index in [9.17, 15) is 9.59 Å². The Hall–Kier alpha value is -1.76. The Morgan fingerprint density at radius 2 is 1.94 bits per heavy atom. The highest BCUT2D eigenvalue weighted by Crippen LogP contribution is 2.38. The van der Waals surface area contributed by atoms with Crippen molar-refractivity contribution in [3.63, 3.8) is 0 Å². The molecule has 0 saturated heterocycles. The number of rotatable bonds is 8. The molecule has 0 aliphatic heterocycles. The SMILES string of the molecule is CC(C)OC(=O)c1c(NC(=O)CCCOc2ccc(Cl)cc2Cl)sc2c1CCCCC2. The number of nitrogens with one attached hydrogen (secondary N) is 1. The lowest BCUT2D eigenvalue weighted by Gasteiger charge is -2.12. The Bertz CT molecular complexity index is 942. The van der Waals surface area contributed by atoms with Crippen LogP contribution in [0.1, 0.15) is 66.8 Å². The predicted molar refractivity (Wildman–Crippen MR) is 126 cm³/mol. The van der Waals surface area contributed by atoms with Crippen molar-refractivity contribution < 1.29 is 19.1 Å². The normalized spacial score (nSPS) is 13.5. The molecule has 1 N–H and O–H groups in total. The smallest absolute Gasteiger partial charge is 0.341 e. The Labute approximate surface area is 197 Å². The number of aryl methyl sites for hydroxylation is 1. The van der Waals surface area contributed by atoms with Crippen molar-refractivity contribution in [2.24, 2.45) is 0 Å². The molecule has 1 aliphatic carbocycles. The van der Waals surface area contributed by atoms with Gasteiger partial charge in [0, 0.05) is 16.3 Å². The Morgan fingerprint density at radius 1 is 1.16 bits per heavy atom. The summed E-state index contributed by atoms with van der Waals surface area (Å²) in [5.74, 6) is 0.0263. The van der Waals surface area contributed by atoms with Crippen LogP contribution in [0.4, 0.5) is 5.00 Å². The minimum absolute atomic E-state index is 0.152. The number of anilines is 1. The Morgan fingerprint density at radius 3 is 2.68 bits per heavy atom. The average molecular weight is 484 g/mol. The molecule has 0 fully saturated rings. The van der Waals surface area contributed by atoms with Crippen LogP contribution in [0, 0.1) is 0 Å². The highest BCUT2D eigenvalue weighted by molar-refractivity contribution is 7.17. The van der Waals surface area contributed by atoms with Gasteiger partial charge >= 0.3 is 5.97 Å². The number of fused-ring (bicyclic) bond motifs is 1. The summed E-state index contributed by atoms with van der Waals surface area (Å²) >= 11 is 13.5. The van der Waals surface area contributed by atoms with Gasteiger partial charge in [0.25, 0.3) is 0 Å². The average Bonchev–Trinajstić information content (AvgIpc) is 2.86. The second-order valence-corrected chi connectivity index (χ2v) is 9.75. The molecular weight excluding hydrogens is 457 g/mol. The largest absolute Gasteiger partial charge is 0.492 e. The number of hydrogen-bond acceptors (Lipinski definition) is 5. The molecule has 0 unspecified atom stereocenters. The van der Waals surface area contributed by atoms with Gasteiger partial charge in [-0.05, 0) is 69.7 Å². The molecule has 1 aliphatic rings. The monoisotopic (exact) mass is 483 g/mol. The fraction of sp³-hybridized carbons (Fsp3) is 0.478. The number of thiophene rings is 1. The van der Waals surface area contributed by atoms with Crippen LogP contribution in [0.5, 0.6) is 5.75 Å². The molecule has 0 spiro atoms. The molecule has 2 aromatic rings. The van der Waals surface area contributed by atoms with Crippen molar-refractivity contribution in [3.8, 4) is 5.75 Å². The summed E-state index contributed by atoms with van der Waals surface area (Å²) < 4.78 is 11.1. The van der Waals surface area contributed by atoms with E-state index < -0.39 is 0 Å². The maximum Gasteiger partial charge on any atom is 0.341 e. The van der Waals surface area contributed by atoms with Crippen molar-refractivity contribution in [1.29, 1.82) is 0 Å². The first-order valence-electron chi connectivity index (χ1n) is 10.6. The van der Waals surface area contributed by atoms with Gasteiger partial charge in [0.05, 0.1) is 23.3 Å². The third-order valence-electron chi connectivity index (χ3n) is 4.92. The quantitative estimate of drug-likeness (QED) is 0.258. The molecule has 1 aromatic carbocycles. The molecule has 31 heavy (non-hydrogen) atoms.